The highest BCUT2D eigenvalue weighted by Crippen LogP contribution is 2.65. The molecule has 1 saturated heterocycles. The normalized spacial score (nSPS) is 27.6. The zero-order chi connectivity index (χ0) is 31.2. The van der Waals surface area contributed by atoms with E-state index in [2.05, 4.69) is 44.9 Å². The summed E-state index contributed by atoms with van der Waals surface area (Å²) >= 11 is 0. The molecule has 0 aromatic carbocycles. The lowest BCUT2D eigenvalue weighted by Crippen LogP contribution is -2.65. The molecular formula is C28H46BN5O8. The first kappa shape index (κ1) is 33.5. The van der Waals surface area contributed by atoms with Crippen LogP contribution in [0.5, 0.6) is 0 Å². The van der Waals surface area contributed by atoms with Crippen LogP contribution in [-0.2, 0) is 28.4 Å². The standard InChI is InChI=1S/C28H46BN5O8/c1-7-40-24(36)11-10-20(35)14-18(9-8-12-31-26(30)33-34(38)39)25(37)32-23(13-17(2)3)29-41-22-16-19-15-21(27(19,4)5)28(22,6)42-29/h10-11,17-19,21-23H,7-9,12-16H2,1-6H3,(H,32,37)(H3,30,31,33)/b11-10+/t18-,19+,21+,22-,23+,28+/m1/s1. The number of carbonyl (C=O) groups excluding carboxylic acids is 3. The van der Waals surface area contributed by atoms with Crippen LogP contribution in [0.25, 0.3) is 0 Å². The summed E-state index contributed by atoms with van der Waals surface area (Å²) in [5.74, 6) is -1.69. The number of rotatable bonds is 15. The number of hydrogen-bond donors (Lipinski definition) is 3. The third kappa shape index (κ3) is 8.09. The van der Waals surface area contributed by atoms with E-state index in [0.717, 1.165) is 25.0 Å². The third-order valence-corrected chi connectivity index (χ3v) is 9.06. The van der Waals surface area contributed by atoms with Gasteiger partial charge < -0.3 is 25.1 Å². The molecule has 0 aromatic rings. The van der Waals surface area contributed by atoms with Gasteiger partial charge in [0.25, 0.3) is 5.96 Å². The number of amides is 1. The first-order chi connectivity index (χ1) is 19.7. The molecule has 42 heavy (non-hydrogen) atoms. The fourth-order valence-corrected chi connectivity index (χ4v) is 6.77. The number of nitrogens with zero attached hydrogens (tertiary/aromatic N) is 2. The van der Waals surface area contributed by atoms with Gasteiger partial charge in [0.15, 0.2) is 10.8 Å². The average molecular weight is 592 g/mol. The number of carbonyl (C=O) groups is 3. The summed E-state index contributed by atoms with van der Waals surface area (Å²) in [6.07, 6.45) is 5.25. The average Bonchev–Trinajstić information content (AvgIpc) is 3.25. The van der Waals surface area contributed by atoms with E-state index in [4.69, 9.17) is 19.8 Å². The van der Waals surface area contributed by atoms with E-state index in [1.165, 1.54) is 0 Å². The molecule has 1 aliphatic heterocycles. The lowest BCUT2D eigenvalue weighted by Gasteiger charge is -2.64. The minimum atomic E-state index is -0.813. The maximum absolute atomic E-state index is 13.7. The zero-order valence-corrected chi connectivity index (χ0v) is 25.6. The van der Waals surface area contributed by atoms with E-state index in [1.807, 2.05) is 0 Å². The Hall–Kier alpha value is -3.00. The molecule has 3 aliphatic carbocycles. The van der Waals surface area contributed by atoms with Crippen molar-refractivity contribution in [3.8, 4) is 0 Å². The second kappa shape index (κ2) is 14.0. The Bertz CT molecular complexity index is 1080. The molecule has 3 saturated carbocycles. The van der Waals surface area contributed by atoms with Crippen molar-refractivity contribution in [2.45, 2.75) is 97.7 Å². The second-order valence-electron chi connectivity index (χ2n) is 12.8. The van der Waals surface area contributed by atoms with Crippen LogP contribution in [-0.4, -0.2) is 66.6 Å². The Labute approximate surface area is 248 Å². The van der Waals surface area contributed by atoms with E-state index >= 15 is 0 Å². The molecule has 1 amide bonds. The summed E-state index contributed by atoms with van der Waals surface area (Å²) in [6, 6.07) is 0. The Balaban J connectivity index is 1.71. The summed E-state index contributed by atoms with van der Waals surface area (Å²) in [4.78, 5) is 52.5. The summed E-state index contributed by atoms with van der Waals surface area (Å²) < 4.78 is 17.9. The molecular weight excluding hydrogens is 545 g/mol. The molecule has 4 N–H and O–H groups in total. The number of nitrogens with two attached hydrogens (primary N) is 1. The van der Waals surface area contributed by atoms with Crippen LogP contribution in [0.2, 0.25) is 0 Å². The van der Waals surface area contributed by atoms with Crippen molar-refractivity contribution in [1.29, 1.82) is 0 Å². The Morgan fingerprint density at radius 2 is 1.95 bits per heavy atom. The van der Waals surface area contributed by atoms with Gasteiger partial charge in [0.05, 0.1) is 24.3 Å². The van der Waals surface area contributed by atoms with Crippen molar-refractivity contribution >= 4 is 30.7 Å². The molecule has 6 atom stereocenters. The van der Waals surface area contributed by atoms with Crippen molar-refractivity contribution < 1.29 is 33.5 Å². The predicted molar refractivity (Wildman–Crippen MR) is 156 cm³/mol. The quantitative estimate of drug-likeness (QED) is 0.0373. The monoisotopic (exact) mass is 591 g/mol. The van der Waals surface area contributed by atoms with Gasteiger partial charge in [0.1, 0.15) is 0 Å². The van der Waals surface area contributed by atoms with Crippen LogP contribution in [0.15, 0.2) is 17.1 Å². The number of hydrazine groups is 1. The number of ketones is 1. The fraction of sp³-hybridized carbons (Fsp3) is 0.786. The Kier molecular flexibility index (Phi) is 11.2. The van der Waals surface area contributed by atoms with Gasteiger partial charge >= 0.3 is 13.1 Å². The number of esters is 1. The van der Waals surface area contributed by atoms with Crippen molar-refractivity contribution in [2.24, 2.45) is 39.8 Å². The first-order valence-electron chi connectivity index (χ1n) is 14.9. The van der Waals surface area contributed by atoms with Crippen LogP contribution in [0, 0.1) is 39.2 Å². The van der Waals surface area contributed by atoms with E-state index in [0.29, 0.717) is 24.7 Å². The van der Waals surface area contributed by atoms with Crippen LogP contribution in [0.4, 0.5) is 0 Å². The first-order valence-corrected chi connectivity index (χ1v) is 14.9. The zero-order valence-electron chi connectivity index (χ0n) is 25.6. The topological polar surface area (TPSA) is 184 Å². The van der Waals surface area contributed by atoms with Crippen molar-refractivity contribution in [3.05, 3.63) is 22.3 Å². The maximum atomic E-state index is 13.7. The number of ether oxygens (including phenoxy) is 1. The molecule has 1 heterocycles. The highest BCUT2D eigenvalue weighted by Gasteiger charge is 2.68. The number of hydrogen-bond acceptors (Lipinski definition) is 9. The van der Waals surface area contributed by atoms with Crippen LogP contribution >= 0.6 is 0 Å². The predicted octanol–water partition coefficient (Wildman–Crippen LogP) is 2.36. The molecule has 13 nitrogen and oxygen atoms in total. The van der Waals surface area contributed by atoms with Gasteiger partial charge in [0.2, 0.25) is 5.91 Å². The lowest BCUT2D eigenvalue weighted by atomic mass is 9.43. The molecule has 0 aromatic heterocycles. The van der Waals surface area contributed by atoms with E-state index in [-0.39, 0.29) is 55.3 Å². The van der Waals surface area contributed by atoms with Gasteiger partial charge in [-0.2, -0.15) is 0 Å². The Morgan fingerprint density at radius 1 is 1.24 bits per heavy atom. The number of allylic oxidation sites excluding steroid dienone is 1. The van der Waals surface area contributed by atoms with Crippen LogP contribution in [0.1, 0.15) is 80.1 Å². The minimum absolute atomic E-state index is 0.0349. The smallest absolute Gasteiger partial charge is 0.463 e. The third-order valence-electron chi connectivity index (χ3n) is 9.06. The molecule has 14 heteroatoms. The Morgan fingerprint density at radius 3 is 2.57 bits per heavy atom. The molecule has 4 rings (SSSR count). The molecule has 234 valence electrons. The summed E-state index contributed by atoms with van der Waals surface area (Å²) in [5.41, 5.74) is 7.01. The van der Waals surface area contributed by atoms with Gasteiger partial charge in [-0.1, -0.05) is 33.1 Å². The minimum Gasteiger partial charge on any atom is -0.463 e. The summed E-state index contributed by atoms with van der Waals surface area (Å²) in [6.45, 7) is 12.8. The molecule has 4 aliphatic rings. The molecule has 0 unspecified atom stereocenters. The van der Waals surface area contributed by atoms with E-state index < -0.39 is 41.4 Å². The van der Waals surface area contributed by atoms with Crippen LogP contribution in [0.3, 0.4) is 0 Å². The van der Waals surface area contributed by atoms with Crippen LogP contribution < -0.4 is 16.5 Å². The molecule has 0 radical (unpaired) electrons. The highest BCUT2D eigenvalue weighted by molar-refractivity contribution is 6.47. The van der Waals surface area contributed by atoms with Gasteiger partial charge in [-0.25, -0.2) is 19.9 Å². The molecule has 0 spiro atoms. The van der Waals surface area contributed by atoms with Crippen molar-refractivity contribution in [1.82, 2.24) is 10.7 Å². The highest BCUT2D eigenvalue weighted by atomic mass is 16.7. The number of guanidine groups is 1. The van der Waals surface area contributed by atoms with Gasteiger partial charge in [-0.15, -0.1) is 0 Å². The largest absolute Gasteiger partial charge is 0.481 e. The number of nitrogens with one attached hydrogen (secondary N) is 2. The summed E-state index contributed by atoms with van der Waals surface area (Å²) in [7, 11) is -0.612. The van der Waals surface area contributed by atoms with Gasteiger partial charge in [-0.3, -0.25) is 9.59 Å². The van der Waals surface area contributed by atoms with Crippen molar-refractivity contribution in [3.63, 3.8) is 0 Å². The maximum Gasteiger partial charge on any atom is 0.481 e. The molecule has 4 fully saturated rings. The number of nitro groups is 1. The SMILES string of the molecule is CCOC(=O)/C=C/C(=O)C[C@@H](CCCN=C(N)N[N+](=O)[O-])C(=O)N[C@@H](CC(C)C)B1O[C@@H]2C[C@@H]3C[C@@H](C3(C)C)[C@]2(C)O1. The van der Waals surface area contributed by atoms with Gasteiger partial charge in [-0.05, 0) is 75.2 Å². The van der Waals surface area contributed by atoms with Crippen molar-refractivity contribution in [2.75, 3.05) is 13.2 Å². The fourth-order valence-electron chi connectivity index (χ4n) is 6.77. The van der Waals surface area contributed by atoms with Gasteiger partial charge in [0, 0.05) is 25.0 Å². The van der Waals surface area contributed by atoms with E-state index in [9.17, 15) is 24.5 Å². The van der Waals surface area contributed by atoms with E-state index in [1.54, 1.807) is 12.3 Å². The second-order valence-corrected chi connectivity index (χ2v) is 12.8. The molecule has 2 bridgehead atoms. The number of aliphatic imine (C=N–C) groups is 1. The summed E-state index contributed by atoms with van der Waals surface area (Å²) in [5, 5.41) is 12.8. The lowest BCUT2D eigenvalue weighted by molar-refractivity contribution is -0.525.